The van der Waals surface area contributed by atoms with Crippen molar-refractivity contribution in [2.24, 2.45) is 0 Å². The predicted octanol–water partition coefficient (Wildman–Crippen LogP) is 5.74. The summed E-state index contributed by atoms with van der Waals surface area (Å²) < 4.78 is 5.49. The molecule has 0 bridgehead atoms. The number of hydrogen-bond donors (Lipinski definition) is 0. The molecular formula is C22H36OSi. The Kier molecular flexibility index (Phi) is 10.8. The van der Waals surface area contributed by atoms with Crippen molar-refractivity contribution in [3.63, 3.8) is 0 Å². The summed E-state index contributed by atoms with van der Waals surface area (Å²) in [6.45, 7) is 11.2. The van der Waals surface area contributed by atoms with Crippen LogP contribution >= 0.6 is 0 Å². The van der Waals surface area contributed by atoms with Gasteiger partial charge in [-0.3, -0.25) is 0 Å². The largest absolute Gasteiger partial charge is 0.381 e. The monoisotopic (exact) mass is 344 g/mol. The van der Waals surface area contributed by atoms with E-state index in [1.54, 1.807) is 0 Å². The Bertz CT molecular complexity index is 487. The van der Waals surface area contributed by atoms with Crippen molar-refractivity contribution in [2.75, 3.05) is 13.2 Å². The van der Waals surface area contributed by atoms with Gasteiger partial charge in [-0.25, -0.2) is 0 Å². The lowest BCUT2D eigenvalue weighted by Crippen LogP contribution is -2.37. The van der Waals surface area contributed by atoms with Gasteiger partial charge in [-0.15, -0.1) is 0 Å². The molecule has 1 nitrogen and oxygen atoms in total. The SMILES string of the molecule is CCCOCCCCCCCCC#Cc1ccc([Si](C)(C)C)cc1. The van der Waals surface area contributed by atoms with Gasteiger partial charge in [-0.1, -0.05) is 81.4 Å². The summed E-state index contributed by atoms with van der Waals surface area (Å²) >= 11 is 0. The fourth-order valence-electron chi connectivity index (χ4n) is 2.59. The Labute approximate surface area is 151 Å². The van der Waals surface area contributed by atoms with E-state index in [-0.39, 0.29) is 0 Å². The summed E-state index contributed by atoms with van der Waals surface area (Å²) in [5.41, 5.74) is 1.16. The van der Waals surface area contributed by atoms with Crippen molar-refractivity contribution < 1.29 is 4.74 Å². The summed E-state index contributed by atoms with van der Waals surface area (Å²) in [5, 5.41) is 1.51. The van der Waals surface area contributed by atoms with E-state index >= 15 is 0 Å². The van der Waals surface area contributed by atoms with Crippen LogP contribution in [-0.4, -0.2) is 21.3 Å². The normalized spacial score (nSPS) is 11.2. The molecule has 0 saturated carbocycles. The standard InChI is InChI=1S/C22H36OSi/c1-5-19-23-20-13-11-9-7-6-8-10-12-14-21-15-17-22(18-16-21)24(2,3)4/h15-18H,5-11,13,19-20H2,1-4H3. The van der Waals surface area contributed by atoms with Crippen LogP contribution < -0.4 is 5.19 Å². The molecule has 0 aliphatic carbocycles. The molecule has 1 aromatic rings. The van der Waals surface area contributed by atoms with E-state index in [1.807, 2.05) is 0 Å². The fraction of sp³-hybridized carbons (Fsp3) is 0.636. The van der Waals surface area contributed by atoms with Crippen LogP contribution in [0.15, 0.2) is 24.3 Å². The van der Waals surface area contributed by atoms with Crippen LogP contribution in [0.4, 0.5) is 0 Å². The Morgan fingerprint density at radius 2 is 1.46 bits per heavy atom. The Morgan fingerprint density at radius 3 is 2.08 bits per heavy atom. The van der Waals surface area contributed by atoms with E-state index in [0.717, 1.165) is 31.6 Å². The zero-order chi connectivity index (χ0) is 17.7. The van der Waals surface area contributed by atoms with Gasteiger partial charge in [0.25, 0.3) is 0 Å². The highest BCUT2D eigenvalue weighted by Crippen LogP contribution is 2.07. The lowest BCUT2D eigenvalue weighted by atomic mass is 10.1. The maximum absolute atomic E-state index is 5.49. The third-order valence-corrected chi connectivity index (χ3v) is 6.24. The lowest BCUT2D eigenvalue weighted by Gasteiger charge is -2.15. The van der Waals surface area contributed by atoms with Crippen LogP contribution in [0.25, 0.3) is 0 Å². The highest BCUT2D eigenvalue weighted by Gasteiger charge is 2.15. The van der Waals surface area contributed by atoms with Crippen LogP contribution in [0, 0.1) is 11.8 Å². The highest BCUT2D eigenvalue weighted by molar-refractivity contribution is 6.88. The van der Waals surface area contributed by atoms with Crippen molar-refractivity contribution in [1.29, 1.82) is 0 Å². The summed E-state index contributed by atoms with van der Waals surface area (Å²) in [7, 11) is -1.18. The third kappa shape index (κ3) is 9.95. The molecule has 134 valence electrons. The average Bonchev–Trinajstić information content (AvgIpc) is 2.55. The first-order valence-electron chi connectivity index (χ1n) is 9.71. The van der Waals surface area contributed by atoms with Gasteiger partial charge in [0.1, 0.15) is 0 Å². The molecular weight excluding hydrogens is 308 g/mol. The molecule has 0 fully saturated rings. The van der Waals surface area contributed by atoms with Crippen LogP contribution in [0.2, 0.25) is 19.6 Å². The molecule has 0 N–H and O–H groups in total. The molecule has 0 heterocycles. The van der Waals surface area contributed by atoms with Crippen molar-refractivity contribution in [3.8, 4) is 11.8 Å². The van der Waals surface area contributed by atoms with Crippen molar-refractivity contribution in [2.45, 2.75) is 77.9 Å². The van der Waals surface area contributed by atoms with E-state index in [4.69, 9.17) is 4.74 Å². The van der Waals surface area contributed by atoms with Gasteiger partial charge in [0.15, 0.2) is 0 Å². The van der Waals surface area contributed by atoms with Gasteiger partial charge in [0.2, 0.25) is 0 Å². The average molecular weight is 345 g/mol. The zero-order valence-corrected chi connectivity index (χ0v) is 17.3. The quantitative estimate of drug-likeness (QED) is 0.282. The summed E-state index contributed by atoms with van der Waals surface area (Å²) in [6, 6.07) is 8.89. The number of ether oxygens (including phenoxy) is 1. The number of unbranched alkanes of at least 4 members (excludes halogenated alkanes) is 6. The second-order valence-corrected chi connectivity index (χ2v) is 12.7. The zero-order valence-electron chi connectivity index (χ0n) is 16.3. The molecule has 24 heavy (non-hydrogen) atoms. The fourth-order valence-corrected chi connectivity index (χ4v) is 3.76. The Balaban J connectivity index is 2.07. The molecule has 1 rings (SSSR count). The maximum atomic E-state index is 5.49. The molecule has 0 saturated heterocycles. The van der Waals surface area contributed by atoms with Crippen molar-refractivity contribution >= 4 is 13.3 Å². The van der Waals surface area contributed by atoms with Crippen LogP contribution in [0.3, 0.4) is 0 Å². The maximum Gasteiger partial charge on any atom is 0.0775 e. The van der Waals surface area contributed by atoms with E-state index in [2.05, 4.69) is 62.7 Å². The number of benzene rings is 1. The topological polar surface area (TPSA) is 9.23 Å². The van der Waals surface area contributed by atoms with Crippen molar-refractivity contribution in [3.05, 3.63) is 29.8 Å². The second kappa shape index (κ2) is 12.3. The van der Waals surface area contributed by atoms with Gasteiger partial charge in [-0.2, -0.15) is 0 Å². The van der Waals surface area contributed by atoms with Gasteiger partial charge in [0, 0.05) is 25.2 Å². The molecule has 0 amide bonds. The van der Waals surface area contributed by atoms with E-state index < -0.39 is 8.07 Å². The molecule has 0 spiro atoms. The Morgan fingerprint density at radius 1 is 0.833 bits per heavy atom. The van der Waals surface area contributed by atoms with Gasteiger partial charge >= 0.3 is 0 Å². The first-order chi connectivity index (χ1) is 11.5. The molecule has 0 atom stereocenters. The molecule has 0 aliphatic rings. The summed E-state index contributed by atoms with van der Waals surface area (Å²) in [5.74, 6) is 6.63. The molecule has 1 aromatic carbocycles. The summed E-state index contributed by atoms with van der Waals surface area (Å²) in [4.78, 5) is 0. The second-order valence-electron chi connectivity index (χ2n) is 7.61. The number of rotatable bonds is 11. The van der Waals surface area contributed by atoms with Gasteiger partial charge in [0.05, 0.1) is 8.07 Å². The van der Waals surface area contributed by atoms with Crippen LogP contribution in [-0.2, 0) is 4.74 Å². The first kappa shape index (κ1) is 21.0. The molecule has 0 unspecified atom stereocenters. The minimum Gasteiger partial charge on any atom is -0.381 e. The summed E-state index contributed by atoms with van der Waals surface area (Å²) in [6.07, 6.45) is 9.87. The molecule has 0 aromatic heterocycles. The molecule has 2 heteroatoms. The van der Waals surface area contributed by atoms with Crippen molar-refractivity contribution in [1.82, 2.24) is 0 Å². The lowest BCUT2D eigenvalue weighted by molar-refractivity contribution is 0.130. The first-order valence-corrected chi connectivity index (χ1v) is 13.2. The highest BCUT2D eigenvalue weighted by atomic mass is 28.3. The third-order valence-electron chi connectivity index (χ3n) is 4.17. The minimum atomic E-state index is -1.18. The molecule has 0 aliphatic heterocycles. The smallest absolute Gasteiger partial charge is 0.0775 e. The van der Waals surface area contributed by atoms with E-state index in [1.165, 1.54) is 43.7 Å². The van der Waals surface area contributed by atoms with Crippen LogP contribution in [0.1, 0.15) is 63.9 Å². The van der Waals surface area contributed by atoms with Gasteiger partial charge in [-0.05, 0) is 31.4 Å². The predicted molar refractivity (Wildman–Crippen MR) is 110 cm³/mol. The van der Waals surface area contributed by atoms with E-state index in [0.29, 0.717) is 0 Å². The Hall–Kier alpha value is -1.04. The van der Waals surface area contributed by atoms with E-state index in [9.17, 15) is 0 Å². The molecule has 0 radical (unpaired) electrons. The number of hydrogen-bond acceptors (Lipinski definition) is 1. The van der Waals surface area contributed by atoms with Crippen LogP contribution in [0.5, 0.6) is 0 Å². The minimum absolute atomic E-state index is 0.916. The van der Waals surface area contributed by atoms with Gasteiger partial charge < -0.3 is 4.74 Å².